The second-order valence-electron chi connectivity index (χ2n) is 5.69. The van der Waals surface area contributed by atoms with Gasteiger partial charge in [-0.1, -0.05) is 6.07 Å². The summed E-state index contributed by atoms with van der Waals surface area (Å²) in [5.74, 6) is -2.87. The van der Waals surface area contributed by atoms with Gasteiger partial charge in [-0.15, -0.1) is 0 Å². The monoisotopic (exact) mass is 346 g/mol. The highest BCUT2D eigenvalue weighted by Crippen LogP contribution is 2.28. The average Bonchev–Trinajstić information content (AvgIpc) is 3.01. The SMILES string of the molecule is COc1ccc(N2CC(C(=O)Nc3cccc(F)c3F)CC2=O)cc1. The van der Waals surface area contributed by atoms with Crippen LogP contribution in [0.1, 0.15) is 6.42 Å². The van der Waals surface area contributed by atoms with Crippen molar-refractivity contribution in [2.45, 2.75) is 6.42 Å². The van der Waals surface area contributed by atoms with Crippen LogP contribution in [0.5, 0.6) is 5.75 Å². The molecule has 1 fully saturated rings. The molecular formula is C18H16F2N2O3. The van der Waals surface area contributed by atoms with Gasteiger partial charge in [0, 0.05) is 18.7 Å². The Bertz CT molecular complexity index is 808. The number of hydrogen-bond acceptors (Lipinski definition) is 3. The molecule has 1 N–H and O–H groups in total. The summed E-state index contributed by atoms with van der Waals surface area (Å²) in [6.07, 6.45) is 0.00873. The van der Waals surface area contributed by atoms with E-state index in [9.17, 15) is 18.4 Å². The summed E-state index contributed by atoms with van der Waals surface area (Å²) < 4.78 is 31.9. The molecule has 1 unspecified atom stereocenters. The molecule has 1 aliphatic heterocycles. The van der Waals surface area contributed by atoms with E-state index in [-0.39, 0.29) is 24.6 Å². The van der Waals surface area contributed by atoms with Gasteiger partial charge < -0.3 is 15.0 Å². The van der Waals surface area contributed by atoms with Crippen LogP contribution < -0.4 is 15.0 Å². The average molecular weight is 346 g/mol. The zero-order valence-electron chi connectivity index (χ0n) is 13.5. The number of nitrogens with zero attached hydrogens (tertiary/aromatic N) is 1. The van der Waals surface area contributed by atoms with E-state index in [4.69, 9.17) is 4.74 Å². The van der Waals surface area contributed by atoms with Gasteiger partial charge in [-0.3, -0.25) is 9.59 Å². The van der Waals surface area contributed by atoms with E-state index in [1.807, 2.05) is 0 Å². The molecule has 2 aromatic rings. The fourth-order valence-electron chi connectivity index (χ4n) is 2.73. The van der Waals surface area contributed by atoms with Gasteiger partial charge in [0.25, 0.3) is 0 Å². The first-order valence-electron chi connectivity index (χ1n) is 7.69. The molecule has 1 heterocycles. The molecule has 5 nitrogen and oxygen atoms in total. The van der Waals surface area contributed by atoms with Crippen molar-refractivity contribution in [3.63, 3.8) is 0 Å². The van der Waals surface area contributed by atoms with Crippen LogP contribution in [0, 0.1) is 17.6 Å². The molecule has 3 rings (SSSR count). The largest absolute Gasteiger partial charge is 0.497 e. The molecule has 130 valence electrons. The minimum atomic E-state index is -1.12. The predicted octanol–water partition coefficient (Wildman–Crippen LogP) is 2.97. The maximum absolute atomic E-state index is 13.7. The predicted molar refractivity (Wildman–Crippen MR) is 88.4 cm³/mol. The van der Waals surface area contributed by atoms with Gasteiger partial charge in [0.15, 0.2) is 11.6 Å². The number of nitrogens with one attached hydrogen (secondary N) is 1. The molecule has 0 bridgehead atoms. The Morgan fingerprint density at radius 2 is 1.92 bits per heavy atom. The third kappa shape index (κ3) is 3.45. The highest BCUT2D eigenvalue weighted by molar-refractivity contribution is 6.03. The van der Waals surface area contributed by atoms with Gasteiger partial charge in [0.2, 0.25) is 11.8 Å². The summed E-state index contributed by atoms with van der Waals surface area (Å²) in [4.78, 5) is 26.0. The van der Waals surface area contributed by atoms with Crippen molar-refractivity contribution in [1.82, 2.24) is 0 Å². The number of hydrogen-bond donors (Lipinski definition) is 1. The van der Waals surface area contributed by atoms with E-state index in [1.165, 1.54) is 17.0 Å². The summed E-state index contributed by atoms with van der Waals surface area (Å²) in [5.41, 5.74) is 0.415. The highest BCUT2D eigenvalue weighted by atomic mass is 19.2. The van der Waals surface area contributed by atoms with Crippen LogP contribution in [0.2, 0.25) is 0 Å². The van der Waals surface area contributed by atoms with Crippen molar-refractivity contribution in [3.05, 3.63) is 54.1 Å². The molecule has 0 saturated carbocycles. The summed E-state index contributed by atoms with van der Waals surface area (Å²) in [7, 11) is 1.54. The third-order valence-electron chi connectivity index (χ3n) is 4.09. The van der Waals surface area contributed by atoms with Crippen LogP contribution in [0.15, 0.2) is 42.5 Å². The fourth-order valence-corrected chi connectivity index (χ4v) is 2.73. The van der Waals surface area contributed by atoms with Gasteiger partial charge in [-0.25, -0.2) is 8.78 Å². The Morgan fingerprint density at radius 3 is 2.60 bits per heavy atom. The Labute approximate surface area is 143 Å². The number of carbonyl (C=O) groups excluding carboxylic acids is 2. The van der Waals surface area contributed by atoms with Crippen LogP contribution in [0.25, 0.3) is 0 Å². The maximum Gasteiger partial charge on any atom is 0.229 e. The summed E-state index contributed by atoms with van der Waals surface area (Å²) in [6, 6.07) is 10.4. The van der Waals surface area contributed by atoms with E-state index in [2.05, 4.69) is 5.32 Å². The van der Waals surface area contributed by atoms with Crippen molar-refractivity contribution >= 4 is 23.2 Å². The van der Waals surface area contributed by atoms with Crippen LogP contribution in [0.4, 0.5) is 20.2 Å². The maximum atomic E-state index is 13.7. The second-order valence-corrected chi connectivity index (χ2v) is 5.69. The topological polar surface area (TPSA) is 58.6 Å². The van der Waals surface area contributed by atoms with Gasteiger partial charge in [-0.05, 0) is 36.4 Å². The Hall–Kier alpha value is -2.96. The first kappa shape index (κ1) is 16.9. The minimum absolute atomic E-state index is 0.00873. The molecule has 7 heteroatoms. The Kier molecular flexibility index (Phi) is 4.65. The molecule has 0 aliphatic carbocycles. The normalized spacial score (nSPS) is 16.8. The van der Waals surface area contributed by atoms with Crippen LogP contribution in [-0.2, 0) is 9.59 Å². The molecule has 1 aliphatic rings. The van der Waals surface area contributed by atoms with E-state index in [0.717, 1.165) is 6.07 Å². The van der Waals surface area contributed by atoms with E-state index >= 15 is 0 Å². The second kappa shape index (κ2) is 6.88. The lowest BCUT2D eigenvalue weighted by molar-refractivity contribution is -0.122. The molecule has 0 radical (unpaired) electrons. The number of carbonyl (C=O) groups is 2. The lowest BCUT2D eigenvalue weighted by atomic mass is 10.1. The summed E-state index contributed by atoms with van der Waals surface area (Å²) in [5, 5.41) is 2.35. The van der Waals surface area contributed by atoms with E-state index in [0.29, 0.717) is 11.4 Å². The van der Waals surface area contributed by atoms with Crippen molar-refractivity contribution in [2.75, 3.05) is 23.9 Å². The first-order valence-corrected chi connectivity index (χ1v) is 7.69. The molecule has 1 atom stereocenters. The number of benzene rings is 2. The van der Waals surface area contributed by atoms with Crippen molar-refractivity contribution in [1.29, 1.82) is 0 Å². The zero-order chi connectivity index (χ0) is 18.0. The number of halogens is 2. The lowest BCUT2D eigenvalue weighted by Gasteiger charge is -2.17. The zero-order valence-corrected chi connectivity index (χ0v) is 13.5. The van der Waals surface area contributed by atoms with E-state index < -0.39 is 23.5 Å². The minimum Gasteiger partial charge on any atom is -0.497 e. The lowest BCUT2D eigenvalue weighted by Crippen LogP contribution is -2.28. The summed E-state index contributed by atoms with van der Waals surface area (Å²) in [6.45, 7) is 0.175. The van der Waals surface area contributed by atoms with Gasteiger partial charge in [0.05, 0.1) is 18.7 Å². The molecule has 0 spiro atoms. The smallest absolute Gasteiger partial charge is 0.229 e. The Morgan fingerprint density at radius 1 is 1.20 bits per heavy atom. The quantitative estimate of drug-likeness (QED) is 0.926. The van der Waals surface area contributed by atoms with Crippen LogP contribution in [-0.4, -0.2) is 25.5 Å². The van der Waals surface area contributed by atoms with Crippen LogP contribution >= 0.6 is 0 Å². The van der Waals surface area contributed by atoms with Crippen molar-refractivity contribution in [3.8, 4) is 5.75 Å². The van der Waals surface area contributed by atoms with Crippen LogP contribution in [0.3, 0.4) is 0 Å². The third-order valence-corrected chi connectivity index (χ3v) is 4.09. The number of ether oxygens (including phenoxy) is 1. The first-order chi connectivity index (χ1) is 12.0. The number of amides is 2. The molecule has 2 aromatic carbocycles. The number of rotatable bonds is 4. The molecule has 0 aromatic heterocycles. The van der Waals surface area contributed by atoms with E-state index in [1.54, 1.807) is 31.4 Å². The van der Waals surface area contributed by atoms with Gasteiger partial charge in [-0.2, -0.15) is 0 Å². The number of anilines is 2. The molecule has 25 heavy (non-hydrogen) atoms. The van der Waals surface area contributed by atoms with Gasteiger partial charge >= 0.3 is 0 Å². The molecule has 1 saturated heterocycles. The highest BCUT2D eigenvalue weighted by Gasteiger charge is 2.35. The fraction of sp³-hybridized carbons (Fsp3) is 0.222. The number of methoxy groups -OCH3 is 1. The van der Waals surface area contributed by atoms with Crippen molar-refractivity contribution in [2.24, 2.45) is 5.92 Å². The Balaban J connectivity index is 1.71. The standard InChI is InChI=1S/C18H16F2N2O3/c1-25-13-7-5-12(6-8-13)22-10-11(9-16(22)23)18(24)21-15-4-2-3-14(19)17(15)20/h2-8,11H,9-10H2,1H3,(H,21,24). The molecular weight excluding hydrogens is 330 g/mol. The van der Waals surface area contributed by atoms with Gasteiger partial charge in [0.1, 0.15) is 5.75 Å². The summed E-state index contributed by atoms with van der Waals surface area (Å²) >= 11 is 0. The van der Waals surface area contributed by atoms with Crippen molar-refractivity contribution < 1.29 is 23.1 Å². The molecule has 2 amide bonds.